The Kier molecular flexibility index (Phi) is 4.95. The topological polar surface area (TPSA) is 0 Å². The fourth-order valence-corrected chi connectivity index (χ4v) is 4.97. The van der Waals surface area contributed by atoms with Crippen molar-refractivity contribution in [2.75, 3.05) is 11.5 Å². The van der Waals surface area contributed by atoms with Crippen LogP contribution in [0.4, 0.5) is 0 Å². The normalized spacial score (nSPS) is 15.1. The van der Waals surface area contributed by atoms with Crippen molar-refractivity contribution in [1.29, 1.82) is 0 Å². The van der Waals surface area contributed by atoms with E-state index in [0.717, 1.165) is 10.0 Å². The summed E-state index contributed by atoms with van der Waals surface area (Å²) in [7, 11) is 0.403. The van der Waals surface area contributed by atoms with Crippen LogP contribution in [-0.2, 0) is 10.9 Å². The van der Waals surface area contributed by atoms with Gasteiger partial charge in [0.2, 0.25) is 0 Å². The average molecular weight is 336 g/mol. The van der Waals surface area contributed by atoms with E-state index in [1.807, 2.05) is 24.3 Å². The molecule has 0 N–H and O–H groups in total. The lowest BCUT2D eigenvalue weighted by molar-refractivity contribution is 0.949. The number of hydrogen-bond acceptors (Lipinski definition) is 0. The highest BCUT2D eigenvalue weighted by Gasteiger charge is 2.23. The largest absolute Gasteiger partial charge is 0.127 e. The Balaban J connectivity index is 2.01. The SMILES string of the molecule is Clc1ccc(C(=C[S+]2CCCC2)c2ccc(Cl)cc2)cc1. The predicted octanol–water partition coefficient (Wildman–Crippen LogP) is 5.79. The molecule has 1 aliphatic heterocycles. The molecule has 1 aliphatic rings. The van der Waals surface area contributed by atoms with Gasteiger partial charge in [0.1, 0.15) is 16.9 Å². The van der Waals surface area contributed by atoms with Crippen molar-refractivity contribution in [3.05, 3.63) is 75.1 Å². The molecule has 108 valence electrons. The van der Waals surface area contributed by atoms with Gasteiger partial charge in [0, 0.05) is 26.5 Å². The molecular weight excluding hydrogens is 319 g/mol. The van der Waals surface area contributed by atoms with Crippen molar-refractivity contribution in [3.8, 4) is 0 Å². The lowest BCUT2D eigenvalue weighted by Crippen LogP contribution is -2.00. The molecule has 0 saturated carbocycles. The molecule has 3 heteroatoms. The first-order chi connectivity index (χ1) is 10.2. The third kappa shape index (κ3) is 3.85. The van der Waals surface area contributed by atoms with Crippen molar-refractivity contribution in [3.63, 3.8) is 0 Å². The van der Waals surface area contributed by atoms with E-state index in [-0.39, 0.29) is 0 Å². The Hall–Kier alpha value is -0.890. The van der Waals surface area contributed by atoms with E-state index in [2.05, 4.69) is 29.7 Å². The zero-order valence-electron chi connectivity index (χ0n) is 11.7. The van der Waals surface area contributed by atoms with Crippen LogP contribution in [-0.4, -0.2) is 11.5 Å². The van der Waals surface area contributed by atoms with Crippen LogP contribution in [0.3, 0.4) is 0 Å². The Morgan fingerprint density at radius 1 is 0.762 bits per heavy atom. The molecule has 0 nitrogen and oxygen atoms in total. The van der Waals surface area contributed by atoms with Crippen LogP contribution in [0.5, 0.6) is 0 Å². The summed E-state index contributed by atoms with van der Waals surface area (Å²) in [6.45, 7) is 0. The zero-order valence-corrected chi connectivity index (χ0v) is 14.0. The highest BCUT2D eigenvalue weighted by atomic mass is 35.5. The van der Waals surface area contributed by atoms with Gasteiger partial charge in [0.05, 0.1) is 0 Å². The second-order valence-corrected chi connectivity index (χ2v) is 8.20. The molecule has 0 atom stereocenters. The molecule has 2 aromatic rings. The van der Waals surface area contributed by atoms with E-state index in [1.54, 1.807) is 0 Å². The summed E-state index contributed by atoms with van der Waals surface area (Å²) in [5.74, 6) is 2.65. The second-order valence-electron chi connectivity index (χ2n) is 5.20. The fourth-order valence-electron chi connectivity index (χ4n) is 2.52. The van der Waals surface area contributed by atoms with Gasteiger partial charge >= 0.3 is 0 Å². The van der Waals surface area contributed by atoms with Gasteiger partial charge in [0.15, 0.2) is 0 Å². The summed E-state index contributed by atoms with van der Waals surface area (Å²) in [4.78, 5) is 0. The van der Waals surface area contributed by atoms with Gasteiger partial charge in [-0.15, -0.1) is 0 Å². The molecule has 0 aromatic heterocycles. The lowest BCUT2D eigenvalue weighted by Gasteiger charge is -2.08. The third-order valence-corrected chi connectivity index (χ3v) is 6.36. The maximum atomic E-state index is 6.02. The van der Waals surface area contributed by atoms with Crippen molar-refractivity contribution < 1.29 is 0 Å². The van der Waals surface area contributed by atoms with Crippen LogP contribution in [0.25, 0.3) is 5.57 Å². The van der Waals surface area contributed by atoms with E-state index in [4.69, 9.17) is 23.2 Å². The van der Waals surface area contributed by atoms with Crippen LogP contribution in [0.15, 0.2) is 53.9 Å². The Morgan fingerprint density at radius 3 is 1.62 bits per heavy atom. The highest BCUT2D eigenvalue weighted by molar-refractivity contribution is 8.00. The molecule has 0 amide bonds. The highest BCUT2D eigenvalue weighted by Crippen LogP contribution is 2.29. The predicted molar refractivity (Wildman–Crippen MR) is 96.3 cm³/mol. The minimum atomic E-state index is 0.403. The molecule has 0 spiro atoms. The monoisotopic (exact) mass is 335 g/mol. The lowest BCUT2D eigenvalue weighted by atomic mass is 10.00. The molecule has 0 unspecified atom stereocenters. The minimum Gasteiger partial charge on any atom is -0.0843 e. The Bertz CT molecular complexity index is 576. The van der Waals surface area contributed by atoms with E-state index < -0.39 is 0 Å². The third-order valence-electron chi connectivity index (χ3n) is 3.66. The summed E-state index contributed by atoms with van der Waals surface area (Å²) in [6, 6.07) is 16.2. The number of halogens is 2. The second kappa shape index (κ2) is 6.91. The molecule has 1 saturated heterocycles. The minimum absolute atomic E-state index is 0.403. The molecule has 2 aromatic carbocycles. The molecule has 1 heterocycles. The van der Waals surface area contributed by atoms with Crippen LogP contribution in [0, 0.1) is 0 Å². The Morgan fingerprint density at radius 2 is 1.19 bits per heavy atom. The first-order valence-electron chi connectivity index (χ1n) is 7.12. The number of hydrogen-bond donors (Lipinski definition) is 0. The molecule has 21 heavy (non-hydrogen) atoms. The van der Waals surface area contributed by atoms with Gasteiger partial charge in [-0.2, -0.15) is 0 Å². The van der Waals surface area contributed by atoms with E-state index >= 15 is 0 Å². The van der Waals surface area contributed by atoms with Gasteiger partial charge < -0.3 is 0 Å². The van der Waals surface area contributed by atoms with Crippen LogP contribution < -0.4 is 0 Å². The van der Waals surface area contributed by atoms with E-state index in [9.17, 15) is 0 Å². The fraction of sp³-hybridized carbons (Fsp3) is 0.222. The van der Waals surface area contributed by atoms with Crippen molar-refractivity contribution >= 4 is 39.7 Å². The smallest absolute Gasteiger partial charge is 0.0843 e. The van der Waals surface area contributed by atoms with Crippen molar-refractivity contribution in [2.45, 2.75) is 12.8 Å². The van der Waals surface area contributed by atoms with Gasteiger partial charge in [-0.3, -0.25) is 0 Å². The number of benzene rings is 2. The molecule has 0 aliphatic carbocycles. The molecule has 0 radical (unpaired) electrons. The van der Waals surface area contributed by atoms with Gasteiger partial charge in [-0.1, -0.05) is 47.5 Å². The molecular formula is C18H17Cl2S+. The van der Waals surface area contributed by atoms with Crippen LogP contribution in [0.1, 0.15) is 24.0 Å². The summed E-state index contributed by atoms with van der Waals surface area (Å²) < 4.78 is 0. The standard InChI is InChI=1S/C18H17Cl2S/c19-16-7-3-14(4-8-16)18(13-21-11-1-2-12-21)15-5-9-17(20)10-6-15/h3-10,13H,1-2,11-12H2/q+1. The summed E-state index contributed by atoms with van der Waals surface area (Å²) in [6.07, 6.45) is 2.71. The molecule has 1 fully saturated rings. The van der Waals surface area contributed by atoms with Crippen LogP contribution in [0.2, 0.25) is 10.0 Å². The van der Waals surface area contributed by atoms with Crippen molar-refractivity contribution in [2.24, 2.45) is 0 Å². The summed E-state index contributed by atoms with van der Waals surface area (Å²) in [5.41, 5.74) is 3.75. The quantitative estimate of drug-likeness (QED) is 0.622. The van der Waals surface area contributed by atoms with Gasteiger partial charge in [-0.05, 0) is 48.2 Å². The summed E-state index contributed by atoms with van der Waals surface area (Å²) >= 11 is 12.0. The average Bonchev–Trinajstić information content (AvgIpc) is 3.00. The van der Waals surface area contributed by atoms with Gasteiger partial charge in [-0.25, -0.2) is 0 Å². The summed E-state index contributed by atoms with van der Waals surface area (Å²) in [5, 5.41) is 4.01. The first kappa shape index (κ1) is 15.0. The molecule has 3 rings (SSSR count). The first-order valence-corrected chi connectivity index (χ1v) is 9.50. The zero-order chi connectivity index (χ0) is 14.7. The van der Waals surface area contributed by atoms with Crippen LogP contribution >= 0.6 is 23.2 Å². The van der Waals surface area contributed by atoms with E-state index in [0.29, 0.717) is 10.9 Å². The van der Waals surface area contributed by atoms with E-state index in [1.165, 1.54) is 41.0 Å². The molecule has 0 bridgehead atoms. The maximum Gasteiger partial charge on any atom is 0.127 e. The Labute approximate surface area is 139 Å². The van der Waals surface area contributed by atoms with Crippen molar-refractivity contribution in [1.82, 2.24) is 0 Å². The number of rotatable bonds is 3. The maximum absolute atomic E-state index is 6.02. The van der Waals surface area contributed by atoms with Gasteiger partial charge in [0.25, 0.3) is 0 Å².